The van der Waals surface area contributed by atoms with E-state index in [9.17, 15) is 9.59 Å². The zero-order valence-corrected chi connectivity index (χ0v) is 9.34. The van der Waals surface area contributed by atoms with Crippen molar-refractivity contribution in [1.82, 2.24) is 5.32 Å². The molecule has 0 aliphatic carbocycles. The SMILES string of the molecule is COC(=C1SC(=O)NC1=O)c1ccccc1. The maximum Gasteiger partial charge on any atom is 0.291 e. The highest BCUT2D eigenvalue weighted by molar-refractivity contribution is 8.18. The van der Waals surface area contributed by atoms with Crippen LogP contribution in [0.5, 0.6) is 0 Å². The van der Waals surface area contributed by atoms with E-state index in [4.69, 9.17) is 4.74 Å². The van der Waals surface area contributed by atoms with E-state index in [1.54, 1.807) is 0 Å². The number of rotatable bonds is 2. The quantitative estimate of drug-likeness (QED) is 0.629. The van der Waals surface area contributed by atoms with E-state index in [0.717, 1.165) is 17.3 Å². The van der Waals surface area contributed by atoms with Crippen LogP contribution in [-0.2, 0) is 9.53 Å². The zero-order chi connectivity index (χ0) is 11.5. The molecule has 1 N–H and O–H groups in total. The Morgan fingerprint density at radius 1 is 1.25 bits per heavy atom. The number of carbonyl (C=O) groups is 2. The molecule has 16 heavy (non-hydrogen) atoms. The number of methoxy groups -OCH3 is 1. The fourth-order valence-corrected chi connectivity index (χ4v) is 2.16. The van der Waals surface area contributed by atoms with E-state index in [1.807, 2.05) is 30.3 Å². The maximum atomic E-state index is 11.5. The molecule has 1 aromatic carbocycles. The highest BCUT2D eigenvalue weighted by Crippen LogP contribution is 2.31. The molecule has 0 saturated carbocycles. The molecule has 2 amide bonds. The van der Waals surface area contributed by atoms with Gasteiger partial charge in [0.05, 0.1) is 7.11 Å². The van der Waals surface area contributed by atoms with Crippen molar-refractivity contribution in [1.29, 1.82) is 0 Å². The van der Waals surface area contributed by atoms with Crippen molar-refractivity contribution in [2.45, 2.75) is 0 Å². The number of hydrogen-bond donors (Lipinski definition) is 1. The van der Waals surface area contributed by atoms with Gasteiger partial charge in [-0.1, -0.05) is 30.3 Å². The van der Waals surface area contributed by atoms with Gasteiger partial charge in [-0.25, -0.2) is 0 Å². The normalized spacial score (nSPS) is 18.3. The summed E-state index contributed by atoms with van der Waals surface area (Å²) in [5.74, 6) is 0.0182. The standard InChI is InChI=1S/C11H9NO3S/c1-15-8(7-5-3-2-4-6-7)9-10(13)12-11(14)16-9/h2-6H,1H3,(H,12,13,14). The van der Waals surface area contributed by atoms with Crippen LogP contribution < -0.4 is 5.32 Å². The number of amides is 2. The molecule has 1 heterocycles. The van der Waals surface area contributed by atoms with Crippen LogP contribution in [-0.4, -0.2) is 18.3 Å². The Balaban J connectivity index is 2.47. The highest BCUT2D eigenvalue weighted by atomic mass is 32.2. The summed E-state index contributed by atoms with van der Waals surface area (Å²) in [6.07, 6.45) is 0. The number of carbonyl (C=O) groups excluding carboxylic acids is 2. The molecule has 0 atom stereocenters. The Labute approximate surface area is 96.7 Å². The fourth-order valence-electron chi connectivity index (χ4n) is 1.39. The van der Waals surface area contributed by atoms with Crippen molar-refractivity contribution < 1.29 is 14.3 Å². The molecule has 0 aromatic heterocycles. The first-order chi connectivity index (χ1) is 7.72. The number of ether oxygens (including phenoxy) is 1. The van der Waals surface area contributed by atoms with E-state index < -0.39 is 5.91 Å². The summed E-state index contributed by atoms with van der Waals surface area (Å²) < 4.78 is 5.18. The van der Waals surface area contributed by atoms with Crippen LogP contribution in [0.3, 0.4) is 0 Å². The molecule has 1 fully saturated rings. The van der Waals surface area contributed by atoms with Gasteiger partial charge in [-0.15, -0.1) is 0 Å². The molecule has 1 aliphatic heterocycles. The lowest BCUT2D eigenvalue weighted by Crippen LogP contribution is -2.18. The predicted octanol–water partition coefficient (Wildman–Crippen LogP) is 1.98. The van der Waals surface area contributed by atoms with E-state index >= 15 is 0 Å². The number of hydrogen-bond acceptors (Lipinski definition) is 4. The molecule has 1 saturated heterocycles. The van der Waals surface area contributed by atoms with Crippen LogP contribution in [0.25, 0.3) is 5.76 Å². The summed E-state index contributed by atoms with van der Waals surface area (Å²) in [6, 6.07) is 9.20. The van der Waals surface area contributed by atoms with Gasteiger partial charge in [-0.2, -0.15) is 0 Å². The van der Waals surface area contributed by atoms with E-state index in [2.05, 4.69) is 5.32 Å². The minimum Gasteiger partial charge on any atom is -0.495 e. The van der Waals surface area contributed by atoms with Crippen LogP contribution in [0.15, 0.2) is 35.2 Å². The summed E-state index contributed by atoms with van der Waals surface area (Å²) in [5, 5.41) is 1.83. The second kappa shape index (κ2) is 4.40. The average Bonchev–Trinajstić information content (AvgIpc) is 2.61. The molecule has 0 unspecified atom stereocenters. The molecule has 2 rings (SSSR count). The van der Waals surface area contributed by atoms with Gasteiger partial charge < -0.3 is 4.74 Å². The number of imide groups is 1. The van der Waals surface area contributed by atoms with Crippen molar-refractivity contribution in [3.63, 3.8) is 0 Å². The summed E-state index contributed by atoms with van der Waals surface area (Å²) in [5.41, 5.74) is 0.775. The smallest absolute Gasteiger partial charge is 0.291 e. The van der Waals surface area contributed by atoms with Gasteiger partial charge in [0.2, 0.25) is 0 Å². The molecule has 0 bridgehead atoms. The minimum absolute atomic E-state index is 0.304. The third-order valence-electron chi connectivity index (χ3n) is 2.06. The topological polar surface area (TPSA) is 55.4 Å². The average molecular weight is 235 g/mol. The number of thioether (sulfide) groups is 1. The van der Waals surface area contributed by atoms with Crippen LogP contribution >= 0.6 is 11.8 Å². The van der Waals surface area contributed by atoms with Gasteiger partial charge in [0.1, 0.15) is 10.7 Å². The second-order valence-electron chi connectivity index (χ2n) is 3.07. The fraction of sp³-hybridized carbons (Fsp3) is 0.0909. The number of benzene rings is 1. The van der Waals surface area contributed by atoms with Gasteiger partial charge in [0.15, 0.2) is 0 Å². The van der Waals surface area contributed by atoms with Crippen LogP contribution in [0, 0.1) is 0 Å². The summed E-state index contributed by atoms with van der Waals surface area (Å²) in [4.78, 5) is 22.8. The Hall–Kier alpha value is -1.75. The largest absolute Gasteiger partial charge is 0.495 e. The third kappa shape index (κ3) is 1.94. The molecule has 0 spiro atoms. The van der Waals surface area contributed by atoms with Crippen molar-refractivity contribution in [3.05, 3.63) is 40.8 Å². The molecule has 82 valence electrons. The van der Waals surface area contributed by atoms with Crippen molar-refractivity contribution in [2.24, 2.45) is 0 Å². The first kappa shape index (κ1) is 10.8. The third-order valence-corrected chi connectivity index (χ3v) is 2.93. The summed E-state index contributed by atoms with van der Waals surface area (Å²) in [7, 11) is 1.48. The second-order valence-corrected chi connectivity index (χ2v) is 4.06. The Bertz CT molecular complexity index is 467. The lowest BCUT2D eigenvalue weighted by molar-refractivity contribution is -0.115. The van der Waals surface area contributed by atoms with Gasteiger partial charge in [0.25, 0.3) is 11.1 Å². The van der Waals surface area contributed by atoms with Crippen LogP contribution in [0.2, 0.25) is 0 Å². The molecular formula is C11H9NO3S. The summed E-state index contributed by atoms with van der Waals surface area (Å²) >= 11 is 0.856. The molecule has 1 aromatic rings. The Morgan fingerprint density at radius 3 is 2.44 bits per heavy atom. The monoisotopic (exact) mass is 235 g/mol. The molecule has 0 radical (unpaired) electrons. The number of nitrogens with one attached hydrogen (secondary N) is 1. The van der Waals surface area contributed by atoms with Crippen LogP contribution in [0.1, 0.15) is 5.56 Å². The molecule has 1 aliphatic rings. The van der Waals surface area contributed by atoms with E-state index in [-0.39, 0.29) is 5.24 Å². The highest BCUT2D eigenvalue weighted by Gasteiger charge is 2.29. The van der Waals surface area contributed by atoms with Crippen molar-refractivity contribution in [2.75, 3.05) is 7.11 Å². The summed E-state index contributed by atoms with van der Waals surface area (Å²) in [6.45, 7) is 0. The first-order valence-corrected chi connectivity index (χ1v) is 5.41. The van der Waals surface area contributed by atoms with Gasteiger partial charge >= 0.3 is 0 Å². The lowest BCUT2D eigenvalue weighted by Gasteiger charge is -2.07. The lowest BCUT2D eigenvalue weighted by atomic mass is 10.2. The minimum atomic E-state index is -0.407. The Kier molecular flexibility index (Phi) is 2.96. The molecule has 5 heteroatoms. The van der Waals surface area contributed by atoms with E-state index in [0.29, 0.717) is 10.7 Å². The first-order valence-electron chi connectivity index (χ1n) is 4.59. The van der Waals surface area contributed by atoms with Crippen molar-refractivity contribution >= 4 is 28.7 Å². The van der Waals surface area contributed by atoms with Gasteiger partial charge in [0, 0.05) is 5.56 Å². The van der Waals surface area contributed by atoms with Crippen LogP contribution in [0.4, 0.5) is 4.79 Å². The van der Waals surface area contributed by atoms with Crippen molar-refractivity contribution in [3.8, 4) is 0 Å². The van der Waals surface area contributed by atoms with Gasteiger partial charge in [-0.3, -0.25) is 14.9 Å². The van der Waals surface area contributed by atoms with E-state index in [1.165, 1.54) is 7.11 Å². The zero-order valence-electron chi connectivity index (χ0n) is 8.52. The maximum absolute atomic E-state index is 11.5. The Morgan fingerprint density at radius 2 is 1.94 bits per heavy atom. The molecule has 4 nitrogen and oxygen atoms in total. The molecular weight excluding hydrogens is 226 g/mol. The predicted molar refractivity (Wildman–Crippen MR) is 61.5 cm³/mol. The van der Waals surface area contributed by atoms with Gasteiger partial charge in [-0.05, 0) is 11.8 Å².